The normalized spacial score (nSPS) is 10.4. The maximum atomic E-state index is 9.07. The molecule has 0 amide bonds. The first kappa shape index (κ1) is 20.3. The van der Waals surface area contributed by atoms with Crippen molar-refractivity contribution in [3.05, 3.63) is 133 Å². The Morgan fingerprint density at radius 2 is 1.06 bits per heavy atom. The van der Waals surface area contributed by atoms with E-state index in [9.17, 15) is 0 Å². The monoisotopic (exact) mass is 422 g/mol. The van der Waals surface area contributed by atoms with E-state index in [1.54, 1.807) is 0 Å². The van der Waals surface area contributed by atoms with Crippen molar-refractivity contribution < 1.29 is 0 Å². The van der Waals surface area contributed by atoms with E-state index in [0.29, 0.717) is 5.56 Å². The topological polar surface area (TPSA) is 35.8 Å². The molecule has 0 atom stereocenters. The van der Waals surface area contributed by atoms with Gasteiger partial charge in [0.05, 0.1) is 11.6 Å². The van der Waals surface area contributed by atoms with Crippen LogP contribution in [0.15, 0.2) is 127 Å². The molecule has 5 aromatic carbocycles. The summed E-state index contributed by atoms with van der Waals surface area (Å²) < 4.78 is 0. The van der Waals surface area contributed by atoms with Gasteiger partial charge in [0.15, 0.2) is 0 Å². The zero-order valence-corrected chi connectivity index (χ0v) is 18.1. The van der Waals surface area contributed by atoms with Gasteiger partial charge in [-0.15, -0.1) is 0 Å². The maximum absolute atomic E-state index is 9.07. The fraction of sp³-hybridized carbons (Fsp3) is 0. The molecule has 0 aromatic heterocycles. The molecule has 5 aromatic rings. The van der Waals surface area contributed by atoms with Crippen LogP contribution in [0, 0.1) is 11.3 Å². The van der Waals surface area contributed by atoms with Crippen LogP contribution in [-0.2, 0) is 0 Å². The van der Waals surface area contributed by atoms with Crippen LogP contribution >= 0.6 is 0 Å². The van der Waals surface area contributed by atoms with Gasteiger partial charge >= 0.3 is 0 Å². The molecule has 0 bridgehead atoms. The molecule has 5 rings (SSSR count). The van der Waals surface area contributed by atoms with Crippen molar-refractivity contribution >= 4 is 11.4 Å². The van der Waals surface area contributed by atoms with E-state index in [2.05, 4.69) is 102 Å². The van der Waals surface area contributed by atoms with Crippen molar-refractivity contribution in [1.29, 1.82) is 5.26 Å². The number of nitrogens with one attached hydrogen (secondary N) is 1. The number of anilines is 2. The summed E-state index contributed by atoms with van der Waals surface area (Å²) in [7, 11) is 0. The van der Waals surface area contributed by atoms with E-state index in [1.165, 1.54) is 16.7 Å². The van der Waals surface area contributed by atoms with Gasteiger partial charge in [0.2, 0.25) is 0 Å². The van der Waals surface area contributed by atoms with Crippen molar-refractivity contribution in [2.24, 2.45) is 0 Å². The highest BCUT2D eigenvalue weighted by molar-refractivity contribution is 5.86. The quantitative estimate of drug-likeness (QED) is 0.309. The second-order valence-corrected chi connectivity index (χ2v) is 7.89. The molecule has 0 radical (unpaired) electrons. The zero-order valence-electron chi connectivity index (χ0n) is 18.1. The lowest BCUT2D eigenvalue weighted by atomic mass is 9.95. The predicted molar refractivity (Wildman–Crippen MR) is 137 cm³/mol. The lowest BCUT2D eigenvalue weighted by Gasteiger charge is -2.15. The molecule has 2 nitrogen and oxygen atoms in total. The number of benzene rings is 5. The van der Waals surface area contributed by atoms with Gasteiger partial charge in [0.25, 0.3) is 0 Å². The minimum atomic E-state index is 0.650. The molecule has 156 valence electrons. The van der Waals surface area contributed by atoms with Gasteiger partial charge in [0, 0.05) is 16.9 Å². The minimum Gasteiger partial charge on any atom is -0.355 e. The zero-order chi connectivity index (χ0) is 22.5. The SMILES string of the molecule is N#Cc1ccc(Nc2ccc(-c3cccc(-c4ccccc4)c3)cc2-c2ccccc2)cc1. The Kier molecular flexibility index (Phi) is 5.70. The van der Waals surface area contributed by atoms with Crippen LogP contribution in [-0.4, -0.2) is 0 Å². The fourth-order valence-corrected chi connectivity index (χ4v) is 3.98. The molecular formula is C31H22N2. The van der Waals surface area contributed by atoms with Crippen LogP contribution in [0.1, 0.15) is 5.56 Å². The molecule has 0 spiro atoms. The van der Waals surface area contributed by atoms with Crippen LogP contribution < -0.4 is 5.32 Å². The molecule has 0 aliphatic carbocycles. The number of rotatable bonds is 5. The Morgan fingerprint density at radius 3 is 1.73 bits per heavy atom. The van der Waals surface area contributed by atoms with Crippen LogP contribution in [0.2, 0.25) is 0 Å². The largest absolute Gasteiger partial charge is 0.355 e. The first-order valence-electron chi connectivity index (χ1n) is 10.9. The van der Waals surface area contributed by atoms with Crippen LogP contribution in [0.4, 0.5) is 11.4 Å². The number of nitrogens with zero attached hydrogens (tertiary/aromatic N) is 1. The molecule has 33 heavy (non-hydrogen) atoms. The molecule has 0 unspecified atom stereocenters. The van der Waals surface area contributed by atoms with Gasteiger partial charge in [-0.1, -0.05) is 84.9 Å². The molecule has 0 fully saturated rings. The smallest absolute Gasteiger partial charge is 0.0991 e. The van der Waals surface area contributed by atoms with Crippen molar-refractivity contribution in [2.75, 3.05) is 5.32 Å². The van der Waals surface area contributed by atoms with Crippen LogP contribution in [0.3, 0.4) is 0 Å². The summed E-state index contributed by atoms with van der Waals surface area (Å²) in [5.41, 5.74) is 9.65. The molecule has 0 aliphatic rings. The third-order valence-electron chi connectivity index (χ3n) is 5.70. The Morgan fingerprint density at radius 1 is 0.485 bits per heavy atom. The lowest BCUT2D eigenvalue weighted by molar-refractivity contribution is 1.47. The fourth-order valence-electron chi connectivity index (χ4n) is 3.98. The van der Waals surface area contributed by atoms with Gasteiger partial charge < -0.3 is 5.32 Å². The van der Waals surface area contributed by atoms with Gasteiger partial charge in [-0.3, -0.25) is 0 Å². The maximum Gasteiger partial charge on any atom is 0.0991 e. The standard InChI is InChI=1S/C31H22N2/c32-22-23-14-17-29(18-15-23)33-31-19-16-28(21-30(31)25-10-5-2-6-11-25)27-13-7-12-26(20-27)24-8-3-1-4-9-24/h1-21,33H. The second kappa shape index (κ2) is 9.26. The first-order valence-corrected chi connectivity index (χ1v) is 10.9. The van der Waals surface area contributed by atoms with Gasteiger partial charge in [-0.05, 0) is 70.3 Å². The molecular weight excluding hydrogens is 400 g/mol. The van der Waals surface area contributed by atoms with E-state index < -0.39 is 0 Å². The molecule has 1 N–H and O–H groups in total. The van der Waals surface area contributed by atoms with Crippen molar-refractivity contribution in [3.8, 4) is 39.4 Å². The summed E-state index contributed by atoms with van der Waals surface area (Å²) in [6, 6.07) is 45.7. The molecule has 2 heteroatoms. The molecule has 0 saturated heterocycles. The van der Waals surface area contributed by atoms with E-state index in [4.69, 9.17) is 5.26 Å². The Labute approximate surface area is 194 Å². The Hall–Kier alpha value is -4.61. The van der Waals surface area contributed by atoms with Crippen LogP contribution in [0.25, 0.3) is 33.4 Å². The predicted octanol–water partition coefficient (Wildman–Crippen LogP) is 8.30. The summed E-state index contributed by atoms with van der Waals surface area (Å²) >= 11 is 0. The highest BCUT2D eigenvalue weighted by atomic mass is 14.9. The summed E-state index contributed by atoms with van der Waals surface area (Å²) in [5, 5.41) is 12.6. The Balaban J connectivity index is 1.56. The molecule has 0 saturated carbocycles. The lowest BCUT2D eigenvalue weighted by Crippen LogP contribution is -1.94. The van der Waals surface area contributed by atoms with E-state index in [1.807, 2.05) is 36.4 Å². The summed E-state index contributed by atoms with van der Waals surface area (Å²) in [5.74, 6) is 0. The number of hydrogen-bond acceptors (Lipinski definition) is 2. The van der Waals surface area contributed by atoms with Gasteiger partial charge in [-0.25, -0.2) is 0 Å². The van der Waals surface area contributed by atoms with Crippen LogP contribution in [0.5, 0.6) is 0 Å². The number of nitriles is 1. The third-order valence-corrected chi connectivity index (χ3v) is 5.70. The summed E-state index contributed by atoms with van der Waals surface area (Å²) in [6.45, 7) is 0. The second-order valence-electron chi connectivity index (χ2n) is 7.89. The van der Waals surface area contributed by atoms with E-state index >= 15 is 0 Å². The van der Waals surface area contributed by atoms with E-state index in [0.717, 1.165) is 28.1 Å². The molecule has 0 aliphatic heterocycles. The average Bonchev–Trinajstić information content (AvgIpc) is 2.90. The number of hydrogen-bond donors (Lipinski definition) is 1. The van der Waals surface area contributed by atoms with Crippen molar-refractivity contribution in [1.82, 2.24) is 0 Å². The summed E-state index contributed by atoms with van der Waals surface area (Å²) in [4.78, 5) is 0. The van der Waals surface area contributed by atoms with Crippen molar-refractivity contribution in [2.45, 2.75) is 0 Å². The average molecular weight is 423 g/mol. The third kappa shape index (κ3) is 4.54. The highest BCUT2D eigenvalue weighted by Crippen LogP contribution is 2.35. The van der Waals surface area contributed by atoms with Gasteiger partial charge in [-0.2, -0.15) is 5.26 Å². The van der Waals surface area contributed by atoms with Crippen molar-refractivity contribution in [3.63, 3.8) is 0 Å². The first-order chi connectivity index (χ1) is 16.3. The highest BCUT2D eigenvalue weighted by Gasteiger charge is 2.09. The minimum absolute atomic E-state index is 0.650. The molecule has 0 heterocycles. The Bertz CT molecular complexity index is 1410. The van der Waals surface area contributed by atoms with Gasteiger partial charge in [0.1, 0.15) is 0 Å². The summed E-state index contributed by atoms with van der Waals surface area (Å²) in [6.07, 6.45) is 0. The van der Waals surface area contributed by atoms with E-state index in [-0.39, 0.29) is 0 Å².